The van der Waals surface area contributed by atoms with E-state index in [1.54, 1.807) is 18.3 Å². The zero-order valence-corrected chi connectivity index (χ0v) is 14.1. The molecule has 4 rings (SSSR count). The Labute approximate surface area is 149 Å². The average molecular weight is 349 g/mol. The van der Waals surface area contributed by atoms with Crippen LogP contribution in [0.15, 0.2) is 60.9 Å². The van der Waals surface area contributed by atoms with E-state index in [1.165, 1.54) is 7.11 Å². The molecule has 0 N–H and O–H groups in total. The maximum absolute atomic E-state index is 11.8. The van der Waals surface area contributed by atoms with Crippen LogP contribution < -0.4 is 0 Å². The Morgan fingerprint density at radius 1 is 1.00 bits per heavy atom. The summed E-state index contributed by atoms with van der Waals surface area (Å²) in [5.41, 5.74) is 2.95. The second-order valence-electron chi connectivity index (χ2n) is 5.61. The van der Waals surface area contributed by atoms with E-state index < -0.39 is 0 Å². The summed E-state index contributed by atoms with van der Waals surface area (Å²) in [6.45, 7) is 0. The number of hydrogen-bond acceptors (Lipinski definition) is 4. The number of carbonyl (C=O) groups excluding carboxylic acids is 1. The third-order valence-electron chi connectivity index (χ3n) is 4.14. The van der Waals surface area contributed by atoms with Gasteiger partial charge in [-0.2, -0.15) is 0 Å². The number of halogens is 1. The third-order valence-corrected chi connectivity index (χ3v) is 4.39. The second-order valence-corrected chi connectivity index (χ2v) is 6.05. The molecule has 2 aromatic carbocycles. The molecule has 0 amide bonds. The number of benzene rings is 2. The smallest absolute Gasteiger partial charge is 0.337 e. The number of pyridine rings is 2. The normalized spacial score (nSPS) is 11.0. The van der Waals surface area contributed by atoms with Crippen LogP contribution in [0.3, 0.4) is 0 Å². The molecule has 0 radical (unpaired) electrons. The van der Waals surface area contributed by atoms with Crippen LogP contribution in [0.5, 0.6) is 0 Å². The molecule has 5 heteroatoms. The van der Waals surface area contributed by atoms with Crippen LogP contribution in [0.25, 0.3) is 32.9 Å². The van der Waals surface area contributed by atoms with Crippen LogP contribution in [0.4, 0.5) is 0 Å². The van der Waals surface area contributed by atoms with Gasteiger partial charge in [-0.15, -0.1) is 0 Å². The lowest BCUT2D eigenvalue weighted by Crippen LogP contribution is -2.01. The molecule has 0 fully saturated rings. The van der Waals surface area contributed by atoms with E-state index in [0.29, 0.717) is 16.1 Å². The zero-order chi connectivity index (χ0) is 17.4. The van der Waals surface area contributed by atoms with Gasteiger partial charge in [0, 0.05) is 39.1 Å². The van der Waals surface area contributed by atoms with Crippen LogP contribution in [0, 0.1) is 0 Å². The lowest BCUT2D eigenvalue weighted by atomic mass is 10.0. The molecule has 0 unspecified atom stereocenters. The number of ether oxygens (including phenoxy) is 1. The van der Waals surface area contributed by atoms with E-state index in [4.69, 9.17) is 21.3 Å². The van der Waals surface area contributed by atoms with Crippen molar-refractivity contribution in [1.82, 2.24) is 9.97 Å². The minimum atomic E-state index is -0.386. The lowest BCUT2D eigenvalue weighted by molar-refractivity contribution is 0.0601. The van der Waals surface area contributed by atoms with E-state index in [0.717, 1.165) is 27.4 Å². The fraction of sp³-hybridized carbons (Fsp3) is 0.0500. The Bertz CT molecular complexity index is 1110. The number of fused-ring (bicyclic) bond motifs is 3. The highest BCUT2D eigenvalue weighted by Crippen LogP contribution is 2.32. The van der Waals surface area contributed by atoms with E-state index in [2.05, 4.69) is 4.98 Å². The van der Waals surface area contributed by atoms with Crippen molar-refractivity contribution in [2.75, 3.05) is 7.11 Å². The molecule has 4 nitrogen and oxygen atoms in total. The number of carbonyl (C=O) groups is 1. The van der Waals surface area contributed by atoms with Crippen molar-refractivity contribution in [1.29, 1.82) is 0 Å². The van der Waals surface area contributed by atoms with Gasteiger partial charge in [-0.05, 0) is 30.3 Å². The van der Waals surface area contributed by atoms with Crippen LogP contribution in [0.1, 0.15) is 10.4 Å². The molecular formula is C20H13ClN2O2. The largest absolute Gasteiger partial charge is 0.465 e. The fourth-order valence-corrected chi connectivity index (χ4v) is 3.05. The Hall–Kier alpha value is -2.98. The second kappa shape index (κ2) is 6.15. The van der Waals surface area contributed by atoms with Gasteiger partial charge in [0.05, 0.1) is 23.9 Å². The molecule has 0 saturated carbocycles. The summed E-state index contributed by atoms with van der Waals surface area (Å²) < 4.78 is 4.81. The molecule has 2 aromatic heterocycles. The zero-order valence-electron chi connectivity index (χ0n) is 13.4. The van der Waals surface area contributed by atoms with E-state index in [-0.39, 0.29) is 5.97 Å². The van der Waals surface area contributed by atoms with E-state index in [9.17, 15) is 4.79 Å². The van der Waals surface area contributed by atoms with Crippen molar-refractivity contribution < 1.29 is 9.53 Å². The highest BCUT2D eigenvalue weighted by molar-refractivity contribution is 6.30. The number of aromatic nitrogens is 2. The van der Waals surface area contributed by atoms with Crippen molar-refractivity contribution >= 4 is 39.2 Å². The molecular weight excluding hydrogens is 336 g/mol. The monoisotopic (exact) mass is 348 g/mol. The van der Waals surface area contributed by atoms with Crippen LogP contribution in [0.2, 0.25) is 5.02 Å². The van der Waals surface area contributed by atoms with E-state index >= 15 is 0 Å². The first-order valence-corrected chi connectivity index (χ1v) is 8.07. The van der Waals surface area contributed by atoms with Crippen molar-refractivity contribution in [2.24, 2.45) is 0 Å². The molecule has 0 bridgehead atoms. The SMILES string of the molecule is COC(=O)c1ccc2c(c1)nc(-c1ccc(Cl)cc1)c1ccncc12. The van der Waals surface area contributed by atoms with Gasteiger partial charge in [0.15, 0.2) is 0 Å². The molecule has 0 aliphatic rings. The first kappa shape index (κ1) is 15.5. The van der Waals surface area contributed by atoms with Gasteiger partial charge in [-0.25, -0.2) is 9.78 Å². The Kier molecular flexibility index (Phi) is 3.82. The minimum absolute atomic E-state index is 0.386. The van der Waals surface area contributed by atoms with Crippen molar-refractivity contribution in [2.45, 2.75) is 0 Å². The predicted octanol–water partition coefficient (Wildman–Crippen LogP) is 4.89. The molecule has 0 spiro atoms. The van der Waals surface area contributed by atoms with E-state index in [1.807, 2.05) is 42.6 Å². The molecule has 4 aromatic rings. The number of methoxy groups -OCH3 is 1. The van der Waals surface area contributed by atoms with Gasteiger partial charge in [-0.3, -0.25) is 4.98 Å². The van der Waals surface area contributed by atoms with Gasteiger partial charge in [-0.1, -0.05) is 29.8 Å². The van der Waals surface area contributed by atoms with Crippen LogP contribution in [-0.2, 0) is 4.74 Å². The Balaban J connectivity index is 2.05. The van der Waals surface area contributed by atoms with Gasteiger partial charge in [0.2, 0.25) is 0 Å². The summed E-state index contributed by atoms with van der Waals surface area (Å²) in [5.74, 6) is -0.386. The predicted molar refractivity (Wildman–Crippen MR) is 98.8 cm³/mol. The van der Waals surface area contributed by atoms with Crippen LogP contribution in [-0.4, -0.2) is 23.0 Å². The van der Waals surface area contributed by atoms with Crippen LogP contribution >= 0.6 is 11.6 Å². The minimum Gasteiger partial charge on any atom is -0.465 e. The summed E-state index contributed by atoms with van der Waals surface area (Å²) in [7, 11) is 1.36. The summed E-state index contributed by atoms with van der Waals surface area (Å²) in [6.07, 6.45) is 3.56. The quantitative estimate of drug-likeness (QED) is 0.382. The lowest BCUT2D eigenvalue weighted by Gasteiger charge is -2.10. The highest BCUT2D eigenvalue weighted by Gasteiger charge is 2.13. The van der Waals surface area contributed by atoms with Gasteiger partial charge < -0.3 is 4.74 Å². The molecule has 0 saturated heterocycles. The van der Waals surface area contributed by atoms with Crippen molar-refractivity contribution in [3.63, 3.8) is 0 Å². The molecule has 0 aliphatic heterocycles. The molecule has 122 valence electrons. The Morgan fingerprint density at radius 3 is 2.56 bits per heavy atom. The molecule has 0 atom stereocenters. The van der Waals surface area contributed by atoms with Gasteiger partial charge >= 0.3 is 5.97 Å². The van der Waals surface area contributed by atoms with Crippen molar-refractivity contribution in [3.05, 3.63) is 71.5 Å². The standard InChI is InChI=1S/C20H13ClN2O2/c1-25-20(24)13-4-7-15-17-11-22-9-8-16(17)19(23-18(15)10-13)12-2-5-14(21)6-3-12/h2-11H,1H3. The average Bonchev–Trinajstić information content (AvgIpc) is 2.67. The Morgan fingerprint density at radius 2 is 1.80 bits per heavy atom. The summed E-state index contributed by atoms with van der Waals surface area (Å²) >= 11 is 6.00. The molecule has 0 aliphatic carbocycles. The number of rotatable bonds is 2. The summed E-state index contributed by atoms with van der Waals surface area (Å²) in [6, 6.07) is 14.8. The molecule has 25 heavy (non-hydrogen) atoms. The molecule has 2 heterocycles. The first-order chi connectivity index (χ1) is 12.2. The summed E-state index contributed by atoms with van der Waals surface area (Å²) in [4.78, 5) is 20.9. The topological polar surface area (TPSA) is 52.1 Å². The van der Waals surface area contributed by atoms with Gasteiger partial charge in [0.1, 0.15) is 0 Å². The number of hydrogen-bond donors (Lipinski definition) is 0. The third kappa shape index (κ3) is 2.71. The first-order valence-electron chi connectivity index (χ1n) is 7.69. The summed E-state index contributed by atoms with van der Waals surface area (Å²) in [5, 5.41) is 3.58. The maximum atomic E-state index is 11.8. The fourth-order valence-electron chi connectivity index (χ4n) is 2.92. The van der Waals surface area contributed by atoms with Gasteiger partial charge in [0.25, 0.3) is 0 Å². The maximum Gasteiger partial charge on any atom is 0.337 e. The number of nitrogens with zero attached hydrogens (tertiary/aromatic N) is 2. The number of esters is 1. The highest BCUT2D eigenvalue weighted by atomic mass is 35.5. The van der Waals surface area contributed by atoms with Crippen molar-refractivity contribution in [3.8, 4) is 11.3 Å².